The van der Waals surface area contributed by atoms with Gasteiger partial charge in [0.15, 0.2) is 0 Å². The third-order valence-corrected chi connectivity index (χ3v) is 8.75. The summed E-state index contributed by atoms with van der Waals surface area (Å²) in [7, 11) is 4.00. The highest BCUT2D eigenvalue weighted by Crippen LogP contribution is 2.43. The lowest BCUT2D eigenvalue weighted by Crippen LogP contribution is -2.42. The van der Waals surface area contributed by atoms with Crippen LogP contribution < -0.4 is 5.32 Å². The Hall–Kier alpha value is -2.45. The van der Waals surface area contributed by atoms with Crippen LogP contribution in [0.25, 0.3) is 0 Å². The molecule has 8 heteroatoms. The van der Waals surface area contributed by atoms with Gasteiger partial charge in [0.2, 0.25) is 11.8 Å². The maximum absolute atomic E-state index is 13.7. The van der Waals surface area contributed by atoms with Gasteiger partial charge in [-0.2, -0.15) is 0 Å². The maximum Gasteiger partial charge on any atom is 0.341 e. The molecule has 218 valence electrons. The Morgan fingerprint density at radius 1 is 1.15 bits per heavy atom. The largest absolute Gasteiger partial charge is 0.462 e. The number of allylic oxidation sites excluding steroid dienone is 4. The highest BCUT2D eigenvalue weighted by Gasteiger charge is 2.42. The molecule has 1 N–H and O–H groups in total. The summed E-state index contributed by atoms with van der Waals surface area (Å²) in [6.07, 6.45) is 11.2. The number of esters is 1. The first kappa shape index (κ1) is 32.8. The number of anilines is 1. The highest BCUT2D eigenvalue weighted by molar-refractivity contribution is 7.17. The molecule has 1 aromatic heterocycles. The third kappa shape index (κ3) is 8.77. The quantitative estimate of drug-likeness (QED) is 0.227. The van der Waals surface area contributed by atoms with Crippen molar-refractivity contribution in [1.82, 2.24) is 9.80 Å². The van der Waals surface area contributed by atoms with Crippen LogP contribution in [0.15, 0.2) is 24.3 Å². The molecule has 1 aliphatic heterocycles. The average Bonchev–Trinajstić information content (AvgIpc) is 3.20. The number of carbonyl (C=O) groups excluding carboxylic acids is 3. The summed E-state index contributed by atoms with van der Waals surface area (Å²) in [5.74, 6) is 0.0461. The Balaban J connectivity index is 2.26. The van der Waals surface area contributed by atoms with Crippen LogP contribution in [0.4, 0.5) is 5.00 Å². The summed E-state index contributed by atoms with van der Waals surface area (Å²) in [4.78, 5) is 44.4. The Morgan fingerprint density at radius 3 is 2.46 bits per heavy atom. The van der Waals surface area contributed by atoms with Crippen molar-refractivity contribution >= 4 is 34.1 Å². The number of ether oxygens (including phenoxy) is 1. The minimum absolute atomic E-state index is 0.122. The number of carbonyl (C=O) groups is 3. The lowest BCUT2D eigenvalue weighted by Gasteiger charge is -2.38. The fourth-order valence-electron chi connectivity index (χ4n) is 4.38. The van der Waals surface area contributed by atoms with E-state index in [1.165, 1.54) is 11.3 Å². The molecular weight excluding hydrogens is 510 g/mol. The predicted molar refractivity (Wildman–Crippen MR) is 161 cm³/mol. The summed E-state index contributed by atoms with van der Waals surface area (Å²) >= 11 is 1.39. The minimum Gasteiger partial charge on any atom is -0.462 e. The molecule has 0 spiro atoms. The summed E-state index contributed by atoms with van der Waals surface area (Å²) in [5.41, 5.74) is 0.142. The maximum atomic E-state index is 13.7. The number of nitrogens with one attached hydrogen (secondary N) is 1. The average molecular weight is 560 g/mol. The lowest BCUT2D eigenvalue weighted by molar-refractivity contribution is -0.132. The molecule has 0 aliphatic carbocycles. The number of amides is 2. The third-order valence-electron chi connectivity index (χ3n) is 7.62. The van der Waals surface area contributed by atoms with E-state index < -0.39 is 16.8 Å². The van der Waals surface area contributed by atoms with Crippen molar-refractivity contribution in [2.75, 3.05) is 39.1 Å². The number of hydrogen-bond donors (Lipinski definition) is 1. The fraction of sp³-hybridized carbons (Fsp3) is 0.645. The molecule has 0 saturated heterocycles. The smallest absolute Gasteiger partial charge is 0.341 e. The molecule has 2 rings (SSSR count). The first-order chi connectivity index (χ1) is 18.2. The van der Waals surface area contributed by atoms with Crippen LogP contribution >= 0.6 is 11.3 Å². The molecular formula is C31H49N3O4S. The zero-order valence-corrected chi connectivity index (χ0v) is 26.3. The molecule has 0 saturated carbocycles. The van der Waals surface area contributed by atoms with Crippen molar-refractivity contribution in [3.63, 3.8) is 0 Å². The number of fused-ring (bicyclic) bond motifs is 1. The van der Waals surface area contributed by atoms with Crippen LogP contribution in [0, 0.1) is 16.7 Å². The van der Waals surface area contributed by atoms with Gasteiger partial charge < -0.3 is 19.9 Å². The van der Waals surface area contributed by atoms with E-state index in [-0.39, 0.29) is 18.4 Å². The zero-order chi connectivity index (χ0) is 29.4. The van der Waals surface area contributed by atoms with Crippen molar-refractivity contribution < 1.29 is 19.1 Å². The van der Waals surface area contributed by atoms with Gasteiger partial charge in [0.1, 0.15) is 5.00 Å². The van der Waals surface area contributed by atoms with Crippen molar-refractivity contribution in [3.05, 3.63) is 40.3 Å². The van der Waals surface area contributed by atoms with Gasteiger partial charge in [-0.1, -0.05) is 65.8 Å². The van der Waals surface area contributed by atoms with Crippen molar-refractivity contribution in [2.24, 2.45) is 16.7 Å². The van der Waals surface area contributed by atoms with Crippen molar-refractivity contribution in [3.8, 4) is 0 Å². The molecule has 1 aromatic rings. The molecule has 0 aromatic carbocycles. The molecule has 7 nitrogen and oxygen atoms in total. The summed E-state index contributed by atoms with van der Waals surface area (Å²) in [5, 5.41) is 3.59. The molecule has 1 aliphatic rings. The predicted octanol–water partition coefficient (Wildman–Crippen LogP) is 6.30. The standard InChI is InChI=1S/C31H49N3O4S/c1-10-38-28(36)26-23-17-20-34(25(35)16-14-19-33(8)9)21-24(23)39-27(26)32-29(37)31(6,7)30(4,5)18-13-11-12-15-22(2)3/h12-13,15,18,22H,10-11,14,16-17,19-21H2,1-9H3,(H,32,37)/b15-12-,18-13-. The molecule has 0 radical (unpaired) electrons. The Kier molecular flexibility index (Phi) is 12.0. The van der Waals surface area contributed by atoms with Gasteiger partial charge in [0.05, 0.1) is 24.1 Å². The van der Waals surface area contributed by atoms with Gasteiger partial charge in [0, 0.05) is 17.8 Å². The van der Waals surface area contributed by atoms with Crippen LogP contribution in [0.2, 0.25) is 0 Å². The molecule has 0 fully saturated rings. The van der Waals surface area contributed by atoms with Crippen LogP contribution in [0.5, 0.6) is 0 Å². The SMILES string of the molecule is CCOC(=O)c1c(NC(=O)C(C)(C)C(C)(C)/C=C\C/C=C\C(C)C)sc2c1CCN(C(=O)CCCN(C)C)C2. The van der Waals surface area contributed by atoms with Gasteiger partial charge in [-0.05, 0) is 63.7 Å². The van der Waals surface area contributed by atoms with E-state index in [1.54, 1.807) is 6.92 Å². The van der Waals surface area contributed by atoms with E-state index in [4.69, 9.17) is 4.74 Å². The minimum atomic E-state index is -0.754. The van der Waals surface area contributed by atoms with E-state index >= 15 is 0 Å². The normalized spacial score (nSPS) is 14.5. The van der Waals surface area contributed by atoms with Gasteiger partial charge in [0.25, 0.3) is 0 Å². The first-order valence-electron chi connectivity index (χ1n) is 14.1. The van der Waals surface area contributed by atoms with Crippen LogP contribution in [-0.4, -0.2) is 61.4 Å². The Labute approximate surface area is 239 Å². The number of rotatable bonds is 13. The van der Waals surface area contributed by atoms with E-state index in [0.29, 0.717) is 42.4 Å². The molecule has 0 atom stereocenters. The molecule has 2 amide bonds. The fourth-order valence-corrected chi connectivity index (χ4v) is 5.63. The van der Waals surface area contributed by atoms with E-state index in [9.17, 15) is 14.4 Å². The molecule has 0 bridgehead atoms. The molecule has 2 heterocycles. The summed E-state index contributed by atoms with van der Waals surface area (Å²) in [6, 6.07) is 0. The number of thiophene rings is 1. The second-order valence-electron chi connectivity index (χ2n) is 12.0. The zero-order valence-electron chi connectivity index (χ0n) is 25.5. The van der Waals surface area contributed by atoms with E-state index in [2.05, 4.69) is 62.2 Å². The van der Waals surface area contributed by atoms with Crippen molar-refractivity contribution in [2.45, 2.75) is 80.7 Å². The van der Waals surface area contributed by atoms with Gasteiger partial charge in [-0.3, -0.25) is 9.59 Å². The number of hydrogen-bond acceptors (Lipinski definition) is 6. The second kappa shape index (κ2) is 14.3. The van der Waals surface area contributed by atoms with Crippen LogP contribution in [0.3, 0.4) is 0 Å². The molecule has 0 unspecified atom stereocenters. The summed E-state index contributed by atoms with van der Waals surface area (Å²) in [6.45, 7) is 16.2. The van der Waals surface area contributed by atoms with E-state index in [0.717, 1.165) is 29.8 Å². The van der Waals surface area contributed by atoms with Gasteiger partial charge in [-0.15, -0.1) is 11.3 Å². The van der Waals surface area contributed by atoms with Crippen LogP contribution in [-0.2, 0) is 27.3 Å². The molecule has 39 heavy (non-hydrogen) atoms. The Bertz CT molecular complexity index is 1070. The van der Waals surface area contributed by atoms with E-state index in [1.807, 2.05) is 32.8 Å². The topological polar surface area (TPSA) is 79.0 Å². The monoisotopic (exact) mass is 559 g/mol. The van der Waals surface area contributed by atoms with Crippen molar-refractivity contribution in [1.29, 1.82) is 0 Å². The number of nitrogens with zero attached hydrogens (tertiary/aromatic N) is 2. The van der Waals surface area contributed by atoms with Crippen LogP contribution in [0.1, 0.15) is 88.5 Å². The highest BCUT2D eigenvalue weighted by atomic mass is 32.1. The Morgan fingerprint density at radius 2 is 1.85 bits per heavy atom. The lowest BCUT2D eigenvalue weighted by atomic mass is 9.67. The first-order valence-corrected chi connectivity index (χ1v) is 14.9. The summed E-state index contributed by atoms with van der Waals surface area (Å²) < 4.78 is 5.38. The van der Waals surface area contributed by atoms with Gasteiger partial charge >= 0.3 is 5.97 Å². The van der Waals surface area contributed by atoms with Gasteiger partial charge in [-0.25, -0.2) is 4.79 Å². The second-order valence-corrected chi connectivity index (χ2v) is 13.1.